The van der Waals surface area contributed by atoms with Crippen LogP contribution in [0.2, 0.25) is 0 Å². The number of aliphatic imine (C=N–C) groups is 1. The highest BCUT2D eigenvalue weighted by Gasteiger charge is 2.23. The van der Waals surface area contributed by atoms with Gasteiger partial charge in [-0.1, -0.05) is 0 Å². The van der Waals surface area contributed by atoms with E-state index in [-0.39, 0.29) is 12.3 Å². The van der Waals surface area contributed by atoms with Crippen LogP contribution in [0.5, 0.6) is 5.75 Å². The number of fused-ring (bicyclic) bond motifs is 1. The minimum Gasteiger partial charge on any atom is -0.485 e. The van der Waals surface area contributed by atoms with E-state index in [9.17, 15) is 9.59 Å². The van der Waals surface area contributed by atoms with Gasteiger partial charge in [-0.3, -0.25) is 9.78 Å². The molecule has 20 heavy (non-hydrogen) atoms. The molecule has 1 N–H and O–H groups in total. The molecule has 0 atom stereocenters. The van der Waals surface area contributed by atoms with Crippen LogP contribution >= 0.6 is 0 Å². The molecule has 1 aliphatic rings. The fourth-order valence-corrected chi connectivity index (χ4v) is 1.49. The molecule has 0 saturated heterocycles. The number of hydrogen-bond donors (Lipinski definition) is 1. The number of ether oxygens (including phenoxy) is 2. The molecule has 0 saturated carbocycles. The Morgan fingerprint density at radius 3 is 2.95 bits per heavy atom. The largest absolute Gasteiger partial charge is 0.485 e. The maximum atomic E-state index is 11.9. The third-order valence-corrected chi connectivity index (χ3v) is 2.28. The van der Waals surface area contributed by atoms with Crippen LogP contribution in [0.25, 0.3) is 0 Å². The van der Waals surface area contributed by atoms with Crippen molar-refractivity contribution in [2.24, 2.45) is 4.99 Å². The van der Waals surface area contributed by atoms with Gasteiger partial charge < -0.3 is 14.8 Å². The highest BCUT2D eigenvalue weighted by atomic mass is 16.6. The molecule has 0 radical (unpaired) electrons. The first kappa shape index (κ1) is 14.0. The van der Waals surface area contributed by atoms with Crippen LogP contribution in [-0.2, 0) is 9.53 Å². The second-order valence-electron chi connectivity index (χ2n) is 5.15. The molecule has 2 heterocycles. The van der Waals surface area contributed by atoms with Crippen molar-refractivity contribution < 1.29 is 19.1 Å². The SMILES string of the molecule is CC(C)(C)OC(=O)N=C1COc2ccncc2NC1=O. The van der Waals surface area contributed by atoms with Crippen LogP contribution in [0, 0.1) is 0 Å². The van der Waals surface area contributed by atoms with Crippen molar-refractivity contribution in [3.05, 3.63) is 18.5 Å². The molecule has 7 heteroatoms. The van der Waals surface area contributed by atoms with Crippen molar-refractivity contribution in [3.63, 3.8) is 0 Å². The molecule has 0 aliphatic carbocycles. The Morgan fingerprint density at radius 2 is 2.25 bits per heavy atom. The summed E-state index contributed by atoms with van der Waals surface area (Å²) >= 11 is 0. The van der Waals surface area contributed by atoms with Gasteiger partial charge in [-0.2, -0.15) is 4.99 Å². The number of amides is 2. The Kier molecular flexibility index (Phi) is 3.69. The predicted octanol–water partition coefficient (Wildman–Crippen LogP) is 1.79. The molecule has 1 aliphatic heterocycles. The molecule has 1 aromatic heterocycles. The van der Waals surface area contributed by atoms with Crippen LogP contribution in [0.15, 0.2) is 23.5 Å². The third kappa shape index (κ3) is 3.53. The molecular weight excluding hydrogens is 262 g/mol. The van der Waals surface area contributed by atoms with Crippen molar-refractivity contribution in [2.45, 2.75) is 26.4 Å². The molecule has 0 spiro atoms. The quantitative estimate of drug-likeness (QED) is 0.780. The average Bonchev–Trinajstić information content (AvgIpc) is 2.47. The zero-order chi connectivity index (χ0) is 14.8. The summed E-state index contributed by atoms with van der Waals surface area (Å²) in [5.74, 6) is -0.0367. The Hall–Kier alpha value is -2.44. The van der Waals surface area contributed by atoms with Crippen LogP contribution in [0.4, 0.5) is 10.5 Å². The van der Waals surface area contributed by atoms with Gasteiger partial charge in [0, 0.05) is 12.3 Å². The molecule has 1 aromatic rings. The second kappa shape index (κ2) is 5.28. The lowest BCUT2D eigenvalue weighted by atomic mass is 10.2. The first-order chi connectivity index (χ1) is 9.35. The lowest BCUT2D eigenvalue weighted by Crippen LogP contribution is -2.28. The summed E-state index contributed by atoms with van der Waals surface area (Å²) in [5.41, 5.74) is -0.279. The van der Waals surface area contributed by atoms with E-state index in [1.54, 1.807) is 33.0 Å². The topological polar surface area (TPSA) is 89.9 Å². The number of carbonyl (C=O) groups excluding carboxylic acids is 2. The highest BCUT2D eigenvalue weighted by molar-refractivity contribution is 6.45. The van der Waals surface area contributed by atoms with Gasteiger partial charge in [-0.05, 0) is 20.8 Å². The number of pyridine rings is 1. The molecule has 0 bridgehead atoms. The lowest BCUT2D eigenvalue weighted by Gasteiger charge is -2.17. The first-order valence-corrected chi connectivity index (χ1v) is 6.04. The van der Waals surface area contributed by atoms with Crippen molar-refractivity contribution in [1.82, 2.24) is 4.98 Å². The van der Waals surface area contributed by atoms with E-state index in [0.29, 0.717) is 11.4 Å². The molecule has 0 unspecified atom stereocenters. The standard InChI is InChI=1S/C13H15N3O4/c1-13(2,3)20-12(18)16-9-7-19-10-4-5-14-6-8(10)15-11(9)17/h4-6H,7H2,1-3H3,(H,15,17). The maximum Gasteiger partial charge on any atom is 0.434 e. The molecule has 0 aromatic carbocycles. The number of aromatic nitrogens is 1. The minimum atomic E-state index is -0.824. The van der Waals surface area contributed by atoms with E-state index < -0.39 is 17.6 Å². The van der Waals surface area contributed by atoms with Crippen LogP contribution in [-0.4, -0.2) is 34.9 Å². The maximum absolute atomic E-state index is 11.9. The summed E-state index contributed by atoms with van der Waals surface area (Å²) < 4.78 is 10.4. The molecule has 0 fully saturated rings. The van der Waals surface area contributed by atoms with Gasteiger partial charge in [-0.25, -0.2) is 4.79 Å². The van der Waals surface area contributed by atoms with Crippen LogP contribution in [0.1, 0.15) is 20.8 Å². The van der Waals surface area contributed by atoms with Gasteiger partial charge in [0.1, 0.15) is 23.6 Å². The van der Waals surface area contributed by atoms with Crippen molar-refractivity contribution >= 4 is 23.4 Å². The summed E-state index contributed by atoms with van der Waals surface area (Å²) in [4.78, 5) is 31.0. The Bertz CT molecular complexity index is 575. The summed E-state index contributed by atoms with van der Waals surface area (Å²) in [7, 11) is 0. The minimum absolute atomic E-state index is 0.0459. The molecule has 2 amide bonds. The van der Waals surface area contributed by atoms with Crippen molar-refractivity contribution in [3.8, 4) is 5.75 Å². The monoisotopic (exact) mass is 277 g/mol. The summed E-state index contributed by atoms with van der Waals surface area (Å²) in [6.07, 6.45) is 2.18. The fraction of sp³-hybridized carbons (Fsp3) is 0.385. The van der Waals surface area contributed by atoms with Gasteiger partial charge in [0.2, 0.25) is 0 Å². The van der Waals surface area contributed by atoms with Gasteiger partial charge >= 0.3 is 6.09 Å². The van der Waals surface area contributed by atoms with Crippen molar-refractivity contribution in [1.29, 1.82) is 0 Å². The zero-order valence-electron chi connectivity index (χ0n) is 11.5. The van der Waals surface area contributed by atoms with Gasteiger partial charge in [-0.15, -0.1) is 0 Å². The Balaban J connectivity index is 2.16. The number of nitrogens with zero attached hydrogens (tertiary/aromatic N) is 2. The van der Waals surface area contributed by atoms with Gasteiger partial charge in [0.25, 0.3) is 5.91 Å². The van der Waals surface area contributed by atoms with E-state index in [4.69, 9.17) is 9.47 Å². The van der Waals surface area contributed by atoms with E-state index >= 15 is 0 Å². The normalized spacial score (nSPS) is 16.8. The number of hydrogen-bond acceptors (Lipinski definition) is 5. The fourth-order valence-electron chi connectivity index (χ4n) is 1.49. The smallest absolute Gasteiger partial charge is 0.434 e. The average molecular weight is 277 g/mol. The summed E-state index contributed by atoms with van der Waals surface area (Å²) in [6.45, 7) is 5.05. The number of rotatable bonds is 0. The first-order valence-electron chi connectivity index (χ1n) is 6.04. The van der Waals surface area contributed by atoms with E-state index in [1.807, 2.05) is 0 Å². The van der Waals surface area contributed by atoms with E-state index in [0.717, 1.165) is 0 Å². The van der Waals surface area contributed by atoms with Crippen LogP contribution in [0.3, 0.4) is 0 Å². The molecular formula is C13H15N3O4. The highest BCUT2D eigenvalue weighted by Crippen LogP contribution is 2.24. The predicted molar refractivity (Wildman–Crippen MR) is 72.0 cm³/mol. The molecule has 106 valence electrons. The number of nitrogens with one attached hydrogen (secondary N) is 1. The third-order valence-electron chi connectivity index (χ3n) is 2.28. The number of anilines is 1. The second-order valence-corrected chi connectivity index (χ2v) is 5.15. The summed E-state index contributed by atoms with van der Waals surface area (Å²) in [5, 5.41) is 2.58. The van der Waals surface area contributed by atoms with Gasteiger partial charge in [0.15, 0.2) is 5.71 Å². The summed E-state index contributed by atoms with van der Waals surface area (Å²) in [6, 6.07) is 1.62. The van der Waals surface area contributed by atoms with Gasteiger partial charge in [0.05, 0.1) is 6.20 Å². The molecule has 7 nitrogen and oxygen atoms in total. The zero-order valence-corrected chi connectivity index (χ0v) is 11.5. The van der Waals surface area contributed by atoms with E-state index in [2.05, 4.69) is 15.3 Å². The number of carbonyl (C=O) groups is 2. The van der Waals surface area contributed by atoms with Crippen LogP contribution < -0.4 is 10.1 Å². The lowest BCUT2D eigenvalue weighted by molar-refractivity contribution is -0.110. The molecule has 2 rings (SSSR count). The van der Waals surface area contributed by atoms with Crippen molar-refractivity contribution in [2.75, 3.05) is 11.9 Å². The Morgan fingerprint density at radius 1 is 1.50 bits per heavy atom. The Labute approximate surface area is 116 Å². The van der Waals surface area contributed by atoms with E-state index in [1.165, 1.54) is 6.20 Å².